The Kier molecular flexibility index (Phi) is 4.40. The lowest BCUT2D eigenvalue weighted by Crippen LogP contribution is -1.99. The molecule has 0 saturated heterocycles. The average Bonchev–Trinajstić information content (AvgIpc) is 1.84. The van der Waals surface area contributed by atoms with Crippen LogP contribution in [0.15, 0.2) is 36.5 Å². The third kappa shape index (κ3) is 7.12. The second-order valence-electron chi connectivity index (χ2n) is 2.41. The van der Waals surface area contributed by atoms with Crippen LogP contribution in [0, 0.1) is 0 Å². The van der Waals surface area contributed by atoms with Crippen molar-refractivity contribution >= 4 is 0 Å². The molecule has 0 atom stereocenters. The van der Waals surface area contributed by atoms with Crippen LogP contribution in [0.1, 0.15) is 13.3 Å². The molecule has 0 aromatic rings. The molecule has 3 heteroatoms. The summed E-state index contributed by atoms with van der Waals surface area (Å²) in [5.41, 5.74) is 0.852. The second kappa shape index (κ2) is 4.80. The summed E-state index contributed by atoms with van der Waals surface area (Å²) in [5.74, 6) is 0. The summed E-state index contributed by atoms with van der Waals surface area (Å²) in [7, 11) is 0. The first kappa shape index (κ1) is 11.0. The molecule has 0 aliphatic rings. The van der Waals surface area contributed by atoms with E-state index in [9.17, 15) is 13.2 Å². The first-order valence-corrected chi connectivity index (χ1v) is 3.48. The van der Waals surface area contributed by atoms with Crippen LogP contribution in [0.25, 0.3) is 0 Å². The molecule has 0 rings (SSSR count). The van der Waals surface area contributed by atoms with Gasteiger partial charge in [-0.15, -0.1) is 6.58 Å². The maximum absolute atomic E-state index is 11.6. The minimum absolute atomic E-state index is 0.208. The quantitative estimate of drug-likeness (QED) is 0.455. The van der Waals surface area contributed by atoms with Crippen molar-refractivity contribution in [3.8, 4) is 0 Å². The molecule has 0 bridgehead atoms. The summed E-state index contributed by atoms with van der Waals surface area (Å²) in [6, 6.07) is 0. The molecule has 0 fully saturated rings. The maximum Gasteiger partial charge on any atom is 0.409 e. The van der Waals surface area contributed by atoms with Crippen LogP contribution in [-0.2, 0) is 0 Å². The molecular formula is C9H11F3. The molecule has 68 valence electrons. The fourth-order valence-corrected chi connectivity index (χ4v) is 0.617. The Morgan fingerprint density at radius 2 is 2.00 bits per heavy atom. The van der Waals surface area contributed by atoms with Crippen LogP contribution >= 0.6 is 0 Å². The minimum atomic E-state index is -4.22. The van der Waals surface area contributed by atoms with Gasteiger partial charge < -0.3 is 0 Å². The van der Waals surface area contributed by atoms with E-state index < -0.39 is 6.18 Å². The van der Waals surface area contributed by atoms with Crippen LogP contribution < -0.4 is 0 Å². The van der Waals surface area contributed by atoms with Gasteiger partial charge in [0.15, 0.2) is 0 Å². The van der Waals surface area contributed by atoms with E-state index in [2.05, 4.69) is 6.58 Å². The highest BCUT2D eigenvalue weighted by Gasteiger charge is 2.21. The van der Waals surface area contributed by atoms with Gasteiger partial charge in [0.1, 0.15) is 0 Å². The molecule has 0 nitrogen and oxygen atoms in total. The molecule has 0 aliphatic carbocycles. The summed E-state index contributed by atoms with van der Waals surface area (Å²) >= 11 is 0. The van der Waals surface area contributed by atoms with E-state index in [1.807, 2.05) is 0 Å². The van der Waals surface area contributed by atoms with E-state index in [1.165, 1.54) is 6.08 Å². The van der Waals surface area contributed by atoms with Crippen LogP contribution in [0.4, 0.5) is 13.2 Å². The van der Waals surface area contributed by atoms with Crippen molar-refractivity contribution in [2.45, 2.75) is 19.5 Å². The molecule has 0 spiro atoms. The van der Waals surface area contributed by atoms with Crippen molar-refractivity contribution in [1.82, 2.24) is 0 Å². The molecule has 0 heterocycles. The largest absolute Gasteiger partial charge is 0.409 e. The van der Waals surface area contributed by atoms with Crippen LogP contribution in [-0.4, -0.2) is 6.18 Å². The molecule has 0 aliphatic heterocycles. The van der Waals surface area contributed by atoms with Crippen LogP contribution in [0.5, 0.6) is 0 Å². The van der Waals surface area contributed by atoms with Crippen molar-refractivity contribution in [2.24, 2.45) is 0 Å². The Bertz CT molecular complexity index is 196. The van der Waals surface area contributed by atoms with E-state index in [1.54, 1.807) is 13.0 Å². The highest BCUT2D eigenvalue weighted by Crippen LogP contribution is 2.16. The topological polar surface area (TPSA) is 0 Å². The standard InChI is InChI=1S/C9H11F3/c1-3-5-8(2)6-4-7-9(10,11)12/h3-4,6-7H,1,5H2,2H3/b7-4+,8-6-. The zero-order chi connectivity index (χ0) is 9.61. The minimum Gasteiger partial charge on any atom is -0.167 e. The Balaban J connectivity index is 4.02. The molecular weight excluding hydrogens is 165 g/mol. The van der Waals surface area contributed by atoms with Gasteiger partial charge in [-0.1, -0.05) is 23.8 Å². The zero-order valence-corrected chi connectivity index (χ0v) is 6.86. The fraction of sp³-hybridized carbons (Fsp3) is 0.333. The van der Waals surface area contributed by atoms with Crippen molar-refractivity contribution in [2.75, 3.05) is 0 Å². The lowest BCUT2D eigenvalue weighted by atomic mass is 10.2. The molecule has 0 aromatic heterocycles. The highest BCUT2D eigenvalue weighted by atomic mass is 19.4. The van der Waals surface area contributed by atoms with Gasteiger partial charge in [-0.3, -0.25) is 0 Å². The Hall–Kier alpha value is -0.990. The predicted molar refractivity (Wildman–Crippen MR) is 43.8 cm³/mol. The lowest BCUT2D eigenvalue weighted by Gasteiger charge is -1.95. The first-order valence-electron chi connectivity index (χ1n) is 3.48. The van der Waals surface area contributed by atoms with Gasteiger partial charge in [0.05, 0.1) is 0 Å². The predicted octanol–water partition coefficient (Wildman–Crippen LogP) is 3.63. The van der Waals surface area contributed by atoms with Gasteiger partial charge in [0.2, 0.25) is 0 Å². The number of allylic oxidation sites excluding steroid dienone is 5. The Morgan fingerprint density at radius 1 is 1.42 bits per heavy atom. The van der Waals surface area contributed by atoms with Gasteiger partial charge in [0.25, 0.3) is 0 Å². The third-order valence-electron chi connectivity index (χ3n) is 1.13. The molecule has 0 radical (unpaired) electrons. The molecule has 12 heavy (non-hydrogen) atoms. The van der Waals surface area contributed by atoms with E-state index in [-0.39, 0.29) is 6.08 Å². The number of hydrogen-bond acceptors (Lipinski definition) is 0. The monoisotopic (exact) mass is 176 g/mol. The van der Waals surface area contributed by atoms with Crippen molar-refractivity contribution < 1.29 is 13.2 Å². The normalized spacial score (nSPS) is 13.8. The number of halogens is 3. The smallest absolute Gasteiger partial charge is 0.167 e. The van der Waals surface area contributed by atoms with E-state index in [4.69, 9.17) is 0 Å². The second-order valence-corrected chi connectivity index (χ2v) is 2.41. The van der Waals surface area contributed by atoms with Crippen LogP contribution in [0.2, 0.25) is 0 Å². The van der Waals surface area contributed by atoms with E-state index in [0.29, 0.717) is 6.42 Å². The van der Waals surface area contributed by atoms with Gasteiger partial charge in [-0.25, -0.2) is 0 Å². The van der Waals surface area contributed by atoms with Gasteiger partial charge in [-0.2, -0.15) is 13.2 Å². The van der Waals surface area contributed by atoms with Crippen molar-refractivity contribution in [1.29, 1.82) is 0 Å². The average molecular weight is 176 g/mol. The Labute approximate surface area is 70.1 Å². The molecule has 0 unspecified atom stereocenters. The lowest BCUT2D eigenvalue weighted by molar-refractivity contribution is -0.0798. The van der Waals surface area contributed by atoms with Gasteiger partial charge >= 0.3 is 6.18 Å². The van der Waals surface area contributed by atoms with Crippen molar-refractivity contribution in [3.05, 3.63) is 36.5 Å². The SMILES string of the molecule is C=CC/C(C)=C\C=C\C(F)(F)F. The number of hydrogen-bond donors (Lipinski definition) is 0. The molecule has 0 N–H and O–H groups in total. The summed E-state index contributed by atoms with van der Waals surface area (Å²) < 4.78 is 34.7. The first-order chi connectivity index (χ1) is 5.45. The maximum atomic E-state index is 11.6. The summed E-state index contributed by atoms with van der Waals surface area (Å²) in [6.45, 7) is 5.22. The van der Waals surface area contributed by atoms with E-state index >= 15 is 0 Å². The van der Waals surface area contributed by atoms with Crippen LogP contribution in [0.3, 0.4) is 0 Å². The number of alkyl halides is 3. The molecule has 0 saturated carbocycles. The summed E-state index contributed by atoms with van der Waals surface area (Å²) in [5, 5.41) is 0. The summed E-state index contributed by atoms with van der Waals surface area (Å²) in [4.78, 5) is 0. The van der Waals surface area contributed by atoms with E-state index in [0.717, 1.165) is 11.6 Å². The Morgan fingerprint density at radius 3 is 2.42 bits per heavy atom. The van der Waals surface area contributed by atoms with Crippen molar-refractivity contribution in [3.63, 3.8) is 0 Å². The van der Waals surface area contributed by atoms with Gasteiger partial charge in [0, 0.05) is 6.08 Å². The molecule has 0 amide bonds. The zero-order valence-electron chi connectivity index (χ0n) is 6.86. The third-order valence-corrected chi connectivity index (χ3v) is 1.13. The fourth-order valence-electron chi connectivity index (χ4n) is 0.617. The molecule has 0 aromatic carbocycles. The number of rotatable bonds is 3. The summed E-state index contributed by atoms with van der Waals surface area (Å²) in [6.07, 6.45) is 0.675. The van der Waals surface area contributed by atoms with Gasteiger partial charge in [-0.05, 0) is 13.3 Å². The highest BCUT2D eigenvalue weighted by molar-refractivity contribution is 5.13.